The zero-order valence-corrected chi connectivity index (χ0v) is 18.1. The zero-order valence-electron chi connectivity index (χ0n) is 18.1. The molecule has 0 radical (unpaired) electrons. The molecule has 0 aromatic heterocycles. The van der Waals surface area contributed by atoms with E-state index >= 15 is 0 Å². The summed E-state index contributed by atoms with van der Waals surface area (Å²) in [5.41, 5.74) is 2.76. The van der Waals surface area contributed by atoms with E-state index in [0.29, 0.717) is 5.56 Å². The van der Waals surface area contributed by atoms with Crippen LogP contribution in [0.3, 0.4) is 0 Å². The fourth-order valence-electron chi connectivity index (χ4n) is 3.96. The summed E-state index contributed by atoms with van der Waals surface area (Å²) >= 11 is 0. The molecule has 3 rings (SSSR count). The number of carbonyl (C=O) groups is 3. The lowest BCUT2D eigenvalue weighted by molar-refractivity contribution is -0.122. The summed E-state index contributed by atoms with van der Waals surface area (Å²) < 4.78 is 14.7. The van der Waals surface area contributed by atoms with Gasteiger partial charge in [-0.1, -0.05) is 43.5 Å². The van der Waals surface area contributed by atoms with Crippen molar-refractivity contribution in [3.05, 3.63) is 70.5 Å². The third-order valence-corrected chi connectivity index (χ3v) is 5.75. The summed E-state index contributed by atoms with van der Waals surface area (Å²) in [5.74, 6) is -2.20. The fraction of sp³-hybridized carbons (Fsp3) is 0.375. The molecule has 2 aromatic rings. The lowest BCUT2D eigenvalue weighted by Crippen LogP contribution is -2.44. The average Bonchev–Trinajstić information content (AvgIpc) is 2.79. The van der Waals surface area contributed by atoms with E-state index in [1.54, 1.807) is 25.1 Å². The molecule has 170 valence electrons. The summed E-state index contributed by atoms with van der Waals surface area (Å²) in [6, 6.07) is 10.8. The molecule has 1 fully saturated rings. The van der Waals surface area contributed by atoms with Gasteiger partial charge in [-0.25, -0.2) is 9.87 Å². The van der Waals surface area contributed by atoms with Crippen molar-refractivity contribution >= 4 is 17.7 Å². The standard InChI is InChI=1S/C24H28FN3O4/c1-16-7-5-6-10-20(16)24(31)28(15-22(29)26-19-8-3-2-4-9-19)14-18-12-11-17(13-21(18)25)23(30)27-32/h5-7,10-13,19,32H,2-4,8-9,14-15H2,1H3,(H,26,29)(H,27,30). The number of rotatable bonds is 7. The molecule has 7 nitrogen and oxygen atoms in total. The summed E-state index contributed by atoms with van der Waals surface area (Å²) in [5, 5.41) is 11.7. The fourth-order valence-corrected chi connectivity index (χ4v) is 3.96. The summed E-state index contributed by atoms with van der Waals surface area (Å²) in [6.07, 6.45) is 5.13. The van der Waals surface area contributed by atoms with Gasteiger partial charge in [0.15, 0.2) is 0 Å². The molecule has 3 amide bonds. The Kier molecular flexibility index (Phi) is 7.94. The molecule has 1 aliphatic carbocycles. The van der Waals surface area contributed by atoms with Crippen LogP contribution in [0.2, 0.25) is 0 Å². The second-order valence-corrected chi connectivity index (χ2v) is 8.13. The molecule has 32 heavy (non-hydrogen) atoms. The minimum absolute atomic E-state index is 0.0550. The van der Waals surface area contributed by atoms with Crippen molar-refractivity contribution in [2.75, 3.05) is 6.54 Å². The Morgan fingerprint density at radius 3 is 2.47 bits per heavy atom. The van der Waals surface area contributed by atoms with Gasteiger partial charge in [-0.3, -0.25) is 19.6 Å². The van der Waals surface area contributed by atoms with Crippen molar-refractivity contribution in [2.24, 2.45) is 0 Å². The number of carbonyl (C=O) groups excluding carboxylic acids is 3. The van der Waals surface area contributed by atoms with Gasteiger partial charge in [-0.05, 0) is 43.5 Å². The molecule has 0 aliphatic heterocycles. The first-order valence-corrected chi connectivity index (χ1v) is 10.8. The highest BCUT2D eigenvalue weighted by molar-refractivity contribution is 5.97. The van der Waals surface area contributed by atoms with Gasteiger partial charge in [-0.2, -0.15) is 0 Å². The molecular formula is C24H28FN3O4. The number of nitrogens with one attached hydrogen (secondary N) is 2. The monoisotopic (exact) mass is 441 g/mol. The Bertz CT molecular complexity index is 989. The summed E-state index contributed by atoms with van der Waals surface area (Å²) in [6.45, 7) is 1.45. The first-order chi connectivity index (χ1) is 15.4. The van der Waals surface area contributed by atoms with Gasteiger partial charge in [0, 0.05) is 29.3 Å². The van der Waals surface area contributed by atoms with Crippen LogP contribution < -0.4 is 10.8 Å². The summed E-state index contributed by atoms with van der Waals surface area (Å²) in [4.78, 5) is 38.8. The van der Waals surface area contributed by atoms with Crippen molar-refractivity contribution in [2.45, 2.75) is 51.6 Å². The topological polar surface area (TPSA) is 98.7 Å². The van der Waals surface area contributed by atoms with E-state index in [0.717, 1.165) is 43.7 Å². The second-order valence-electron chi connectivity index (χ2n) is 8.13. The minimum atomic E-state index is -0.838. The first-order valence-electron chi connectivity index (χ1n) is 10.8. The van der Waals surface area contributed by atoms with E-state index in [9.17, 15) is 18.8 Å². The van der Waals surface area contributed by atoms with Crippen LogP contribution in [0.5, 0.6) is 0 Å². The summed E-state index contributed by atoms with van der Waals surface area (Å²) in [7, 11) is 0. The predicted octanol–water partition coefficient (Wildman–Crippen LogP) is 3.34. The molecule has 0 saturated heterocycles. The molecule has 2 aromatic carbocycles. The minimum Gasteiger partial charge on any atom is -0.352 e. The largest absolute Gasteiger partial charge is 0.352 e. The van der Waals surface area contributed by atoms with Crippen molar-refractivity contribution < 1.29 is 24.0 Å². The second kappa shape index (κ2) is 10.9. The SMILES string of the molecule is Cc1ccccc1C(=O)N(CC(=O)NC1CCCCC1)Cc1ccc(C(=O)NO)cc1F. The smallest absolute Gasteiger partial charge is 0.274 e. The zero-order chi connectivity index (χ0) is 23.1. The van der Waals surface area contributed by atoms with E-state index in [4.69, 9.17) is 5.21 Å². The number of halogens is 1. The van der Waals surface area contributed by atoms with Crippen molar-refractivity contribution in [1.82, 2.24) is 15.7 Å². The van der Waals surface area contributed by atoms with E-state index in [1.807, 2.05) is 6.07 Å². The van der Waals surface area contributed by atoms with Gasteiger partial charge < -0.3 is 10.2 Å². The molecule has 0 spiro atoms. The number of nitrogens with zero attached hydrogens (tertiary/aromatic N) is 1. The van der Waals surface area contributed by atoms with Gasteiger partial charge in [0.2, 0.25) is 5.91 Å². The van der Waals surface area contributed by atoms with E-state index in [1.165, 1.54) is 22.5 Å². The predicted molar refractivity (Wildman–Crippen MR) is 117 cm³/mol. The molecule has 3 N–H and O–H groups in total. The maximum atomic E-state index is 14.7. The number of hydrogen-bond acceptors (Lipinski definition) is 4. The molecule has 1 aliphatic rings. The molecule has 0 heterocycles. The lowest BCUT2D eigenvalue weighted by Gasteiger charge is -2.27. The van der Waals surface area contributed by atoms with Gasteiger partial charge in [0.1, 0.15) is 12.4 Å². The maximum absolute atomic E-state index is 14.7. The van der Waals surface area contributed by atoms with Crippen LogP contribution in [0, 0.1) is 12.7 Å². The molecule has 8 heteroatoms. The van der Waals surface area contributed by atoms with Gasteiger partial charge in [0.25, 0.3) is 11.8 Å². The number of benzene rings is 2. The molecule has 0 atom stereocenters. The average molecular weight is 442 g/mol. The normalized spacial score (nSPS) is 14.0. The highest BCUT2D eigenvalue weighted by Crippen LogP contribution is 2.19. The van der Waals surface area contributed by atoms with E-state index in [-0.39, 0.29) is 42.1 Å². The van der Waals surface area contributed by atoms with E-state index in [2.05, 4.69) is 5.32 Å². The van der Waals surface area contributed by atoms with Gasteiger partial charge in [-0.15, -0.1) is 0 Å². The highest BCUT2D eigenvalue weighted by Gasteiger charge is 2.24. The van der Waals surface area contributed by atoms with Crippen molar-refractivity contribution in [3.8, 4) is 0 Å². The number of aryl methyl sites for hydroxylation is 1. The van der Waals surface area contributed by atoms with Gasteiger partial charge >= 0.3 is 0 Å². The van der Waals surface area contributed by atoms with Crippen LogP contribution >= 0.6 is 0 Å². The Labute approximate surface area is 186 Å². The Morgan fingerprint density at radius 1 is 1.09 bits per heavy atom. The third-order valence-electron chi connectivity index (χ3n) is 5.75. The Hall–Kier alpha value is -3.26. The Morgan fingerprint density at radius 2 is 1.81 bits per heavy atom. The van der Waals surface area contributed by atoms with Crippen LogP contribution in [0.25, 0.3) is 0 Å². The molecule has 1 saturated carbocycles. The molecule has 0 unspecified atom stereocenters. The van der Waals surface area contributed by atoms with Crippen molar-refractivity contribution in [1.29, 1.82) is 0 Å². The molecular weight excluding hydrogens is 413 g/mol. The van der Waals surface area contributed by atoms with Crippen LogP contribution in [0.4, 0.5) is 4.39 Å². The number of hydrogen-bond donors (Lipinski definition) is 3. The first kappa shape index (κ1) is 23.4. The van der Waals surface area contributed by atoms with Crippen molar-refractivity contribution in [3.63, 3.8) is 0 Å². The highest BCUT2D eigenvalue weighted by atomic mass is 19.1. The maximum Gasteiger partial charge on any atom is 0.274 e. The third kappa shape index (κ3) is 5.91. The van der Waals surface area contributed by atoms with Crippen LogP contribution in [0.15, 0.2) is 42.5 Å². The molecule has 0 bridgehead atoms. The Balaban J connectivity index is 1.81. The lowest BCUT2D eigenvalue weighted by atomic mass is 9.95. The number of hydroxylamine groups is 1. The van der Waals surface area contributed by atoms with Gasteiger partial charge in [0.05, 0.1) is 0 Å². The quantitative estimate of drug-likeness (QED) is 0.453. The van der Waals surface area contributed by atoms with Crippen LogP contribution in [0.1, 0.15) is 63.9 Å². The van der Waals surface area contributed by atoms with E-state index < -0.39 is 11.7 Å². The van der Waals surface area contributed by atoms with Crippen LogP contribution in [-0.2, 0) is 11.3 Å². The van der Waals surface area contributed by atoms with Crippen LogP contribution in [-0.4, -0.2) is 40.4 Å². The number of amides is 3.